The van der Waals surface area contributed by atoms with Gasteiger partial charge in [-0.25, -0.2) is 4.98 Å². The molecular weight excluding hydrogens is 324 g/mol. The maximum atomic E-state index is 9.46. The van der Waals surface area contributed by atoms with Crippen molar-refractivity contribution in [2.45, 2.75) is 46.7 Å². The lowest BCUT2D eigenvalue weighted by atomic mass is 10.1. The Morgan fingerprint density at radius 2 is 2.12 bits per heavy atom. The molecule has 1 aliphatic heterocycles. The minimum Gasteiger partial charge on any atom is -0.396 e. The van der Waals surface area contributed by atoms with Crippen molar-refractivity contribution < 1.29 is 5.11 Å². The minimum absolute atomic E-state index is 0.243. The Kier molecular flexibility index (Phi) is 6.12. The highest BCUT2D eigenvalue weighted by Gasteiger charge is 2.26. The summed E-state index contributed by atoms with van der Waals surface area (Å²) < 4.78 is 0. The Bertz CT molecular complexity index is 776. The van der Waals surface area contributed by atoms with Gasteiger partial charge in [-0.3, -0.25) is 9.80 Å². The van der Waals surface area contributed by atoms with Gasteiger partial charge in [0.25, 0.3) is 0 Å². The second kappa shape index (κ2) is 8.33. The van der Waals surface area contributed by atoms with E-state index >= 15 is 0 Å². The highest BCUT2D eigenvalue weighted by molar-refractivity contribution is 5.79. The van der Waals surface area contributed by atoms with Crippen molar-refractivity contribution in [1.82, 2.24) is 19.8 Å². The molecule has 1 aromatic heterocycles. The van der Waals surface area contributed by atoms with E-state index in [-0.39, 0.29) is 6.61 Å². The summed E-state index contributed by atoms with van der Waals surface area (Å²) in [6.45, 7) is 13.7. The van der Waals surface area contributed by atoms with Gasteiger partial charge in [0, 0.05) is 38.8 Å². The zero-order chi connectivity index (χ0) is 18.7. The number of imidazole rings is 1. The molecule has 1 atom stereocenters. The predicted molar refractivity (Wildman–Crippen MR) is 107 cm³/mol. The van der Waals surface area contributed by atoms with E-state index in [1.54, 1.807) is 0 Å². The van der Waals surface area contributed by atoms with Crippen LogP contribution < -0.4 is 0 Å². The molecular formula is C21H32N4O. The van der Waals surface area contributed by atoms with Crippen LogP contribution in [-0.2, 0) is 6.54 Å². The van der Waals surface area contributed by atoms with E-state index in [1.807, 2.05) is 0 Å². The van der Waals surface area contributed by atoms with Crippen molar-refractivity contribution in [1.29, 1.82) is 0 Å². The highest BCUT2D eigenvalue weighted by Crippen LogP contribution is 2.21. The summed E-state index contributed by atoms with van der Waals surface area (Å²) >= 11 is 0. The fourth-order valence-electron chi connectivity index (χ4n) is 3.71. The molecule has 0 amide bonds. The Labute approximate surface area is 156 Å². The number of aromatic nitrogens is 2. The summed E-state index contributed by atoms with van der Waals surface area (Å²) in [5.74, 6) is 1.04. The van der Waals surface area contributed by atoms with Crippen molar-refractivity contribution in [2.24, 2.45) is 0 Å². The van der Waals surface area contributed by atoms with Gasteiger partial charge in [0.1, 0.15) is 5.82 Å². The first kappa shape index (κ1) is 19.1. The van der Waals surface area contributed by atoms with E-state index in [0.29, 0.717) is 6.04 Å². The molecule has 1 fully saturated rings. The topological polar surface area (TPSA) is 55.4 Å². The zero-order valence-electron chi connectivity index (χ0n) is 16.5. The largest absolute Gasteiger partial charge is 0.396 e. The van der Waals surface area contributed by atoms with Gasteiger partial charge in [-0.05, 0) is 51.3 Å². The van der Waals surface area contributed by atoms with Crippen LogP contribution >= 0.6 is 0 Å². The lowest BCUT2D eigenvalue weighted by molar-refractivity contribution is 0.0625. The molecule has 0 bridgehead atoms. The fraction of sp³-hybridized carbons (Fsp3) is 0.571. The maximum Gasteiger partial charge on any atom is 0.121 e. The number of nitrogens with one attached hydrogen (secondary N) is 1. The quantitative estimate of drug-likeness (QED) is 0.781. The maximum absolute atomic E-state index is 9.46. The molecule has 3 rings (SSSR count). The number of aromatic amines is 1. The predicted octanol–water partition coefficient (Wildman–Crippen LogP) is 3.01. The van der Waals surface area contributed by atoms with Gasteiger partial charge in [-0.1, -0.05) is 17.7 Å². The Morgan fingerprint density at radius 1 is 1.31 bits per heavy atom. The first-order valence-corrected chi connectivity index (χ1v) is 9.63. The summed E-state index contributed by atoms with van der Waals surface area (Å²) in [5.41, 5.74) is 6.11. The number of allylic oxidation sites excluding steroid dienone is 1. The van der Waals surface area contributed by atoms with Gasteiger partial charge in [0.15, 0.2) is 0 Å². The third-order valence-corrected chi connectivity index (χ3v) is 5.49. The number of aliphatic hydroxyl groups is 1. The van der Waals surface area contributed by atoms with Crippen LogP contribution in [0, 0.1) is 13.8 Å². The highest BCUT2D eigenvalue weighted by atomic mass is 16.3. The first-order chi connectivity index (χ1) is 12.5. The zero-order valence-corrected chi connectivity index (χ0v) is 16.5. The summed E-state index contributed by atoms with van der Waals surface area (Å²) in [6, 6.07) is 4.68. The molecule has 26 heavy (non-hydrogen) atoms. The molecule has 0 unspecified atom stereocenters. The average molecular weight is 357 g/mol. The van der Waals surface area contributed by atoms with Crippen LogP contribution in [0.25, 0.3) is 11.0 Å². The molecule has 0 saturated carbocycles. The number of benzene rings is 1. The van der Waals surface area contributed by atoms with E-state index < -0.39 is 0 Å². The van der Waals surface area contributed by atoms with Crippen LogP contribution in [0.3, 0.4) is 0 Å². The van der Waals surface area contributed by atoms with Gasteiger partial charge >= 0.3 is 0 Å². The molecule has 2 aromatic rings. The second-order valence-electron chi connectivity index (χ2n) is 7.76. The first-order valence-electron chi connectivity index (χ1n) is 9.63. The van der Waals surface area contributed by atoms with Crippen LogP contribution in [0.4, 0.5) is 0 Å². The van der Waals surface area contributed by atoms with Gasteiger partial charge in [0.05, 0.1) is 17.6 Å². The third kappa shape index (κ3) is 4.34. The fourth-order valence-corrected chi connectivity index (χ4v) is 3.71. The lowest BCUT2D eigenvalue weighted by Crippen LogP contribution is -2.53. The van der Waals surface area contributed by atoms with Crippen LogP contribution in [0.15, 0.2) is 23.8 Å². The molecule has 0 spiro atoms. The van der Waals surface area contributed by atoms with Crippen molar-refractivity contribution in [3.8, 4) is 0 Å². The van der Waals surface area contributed by atoms with Crippen molar-refractivity contribution >= 4 is 11.0 Å². The number of aliphatic hydroxyl groups excluding tert-OH is 1. The van der Waals surface area contributed by atoms with E-state index in [2.05, 4.69) is 60.7 Å². The third-order valence-electron chi connectivity index (χ3n) is 5.49. The molecule has 1 aromatic carbocycles. The summed E-state index contributed by atoms with van der Waals surface area (Å²) in [6.07, 6.45) is 3.11. The molecule has 5 nitrogen and oxygen atoms in total. The van der Waals surface area contributed by atoms with E-state index in [9.17, 15) is 5.11 Å². The van der Waals surface area contributed by atoms with Crippen molar-refractivity contribution in [3.63, 3.8) is 0 Å². The molecule has 0 radical (unpaired) electrons. The summed E-state index contributed by atoms with van der Waals surface area (Å²) in [7, 11) is 0. The number of piperazine rings is 1. The average Bonchev–Trinajstić information content (AvgIpc) is 3.01. The van der Waals surface area contributed by atoms with E-state index in [4.69, 9.17) is 4.98 Å². The Balaban J connectivity index is 1.69. The molecule has 2 N–H and O–H groups in total. The number of hydrogen-bond acceptors (Lipinski definition) is 4. The number of fused-ring (bicyclic) bond motifs is 1. The van der Waals surface area contributed by atoms with Gasteiger partial charge < -0.3 is 10.1 Å². The molecule has 1 aliphatic rings. The van der Waals surface area contributed by atoms with Gasteiger partial charge in [-0.15, -0.1) is 0 Å². The summed E-state index contributed by atoms with van der Waals surface area (Å²) in [4.78, 5) is 13.3. The van der Waals surface area contributed by atoms with Crippen LogP contribution in [0.1, 0.15) is 37.2 Å². The van der Waals surface area contributed by atoms with Gasteiger partial charge in [-0.2, -0.15) is 0 Å². The Hall–Kier alpha value is -1.69. The molecule has 1 saturated heterocycles. The molecule has 142 valence electrons. The second-order valence-corrected chi connectivity index (χ2v) is 7.76. The molecule has 2 heterocycles. The standard InChI is InChI=1S/C21H32N4O/c1-15(2)7-9-25-11-10-24(13-18(25)8-12-26)14-20-22-19-6-5-16(3)17(4)21(19)23-20/h5-7,18,26H,8-14H2,1-4H3,(H,22,23)/t18-/m1/s1. The smallest absolute Gasteiger partial charge is 0.121 e. The lowest BCUT2D eigenvalue weighted by Gasteiger charge is -2.40. The molecule has 0 aliphatic carbocycles. The van der Waals surface area contributed by atoms with Gasteiger partial charge in [0.2, 0.25) is 0 Å². The number of nitrogens with zero attached hydrogens (tertiary/aromatic N) is 3. The monoisotopic (exact) mass is 356 g/mol. The van der Waals surface area contributed by atoms with E-state index in [0.717, 1.165) is 56.0 Å². The number of rotatable bonds is 6. The van der Waals surface area contributed by atoms with Crippen LogP contribution in [0.5, 0.6) is 0 Å². The number of hydrogen-bond donors (Lipinski definition) is 2. The summed E-state index contributed by atoms with van der Waals surface area (Å²) in [5, 5.41) is 9.46. The van der Waals surface area contributed by atoms with Crippen molar-refractivity contribution in [2.75, 3.05) is 32.8 Å². The SMILES string of the molecule is CC(C)=CCN1CCN(Cc2nc3c(C)c(C)ccc3[nH]2)C[C@H]1CCO. The molecule has 5 heteroatoms. The number of H-pyrrole nitrogens is 1. The Morgan fingerprint density at radius 3 is 2.85 bits per heavy atom. The normalized spacial score (nSPS) is 19.2. The van der Waals surface area contributed by atoms with Crippen molar-refractivity contribution in [3.05, 3.63) is 40.7 Å². The minimum atomic E-state index is 0.243. The van der Waals surface area contributed by atoms with Crippen LogP contribution in [0.2, 0.25) is 0 Å². The van der Waals surface area contributed by atoms with E-state index in [1.165, 1.54) is 16.7 Å². The van der Waals surface area contributed by atoms with Crippen LogP contribution in [-0.4, -0.2) is 63.7 Å². The number of aryl methyl sites for hydroxylation is 2.